The van der Waals surface area contributed by atoms with E-state index in [1.807, 2.05) is 68.3 Å². The molecule has 0 spiro atoms. The molecule has 0 fully saturated rings. The predicted molar refractivity (Wildman–Crippen MR) is 82.2 cm³/mol. The van der Waals surface area contributed by atoms with Gasteiger partial charge in [0.2, 0.25) is 5.79 Å². The summed E-state index contributed by atoms with van der Waals surface area (Å²) in [6.07, 6.45) is 0. The lowest BCUT2D eigenvalue weighted by Crippen LogP contribution is -2.38. The second-order valence-electron chi connectivity index (χ2n) is 4.99. The minimum absolute atomic E-state index is 0.397. The lowest BCUT2D eigenvalue weighted by Gasteiger charge is -2.35. The molecular formula is C16H23N3O2. The van der Waals surface area contributed by atoms with Crippen molar-refractivity contribution >= 4 is 0 Å². The Morgan fingerprint density at radius 1 is 1.00 bits per heavy atom. The lowest BCUT2D eigenvalue weighted by molar-refractivity contribution is -0.185. The Labute approximate surface area is 127 Å². The summed E-state index contributed by atoms with van der Waals surface area (Å²) >= 11 is 0. The van der Waals surface area contributed by atoms with Crippen molar-refractivity contribution in [1.29, 1.82) is 5.26 Å². The molecule has 0 radical (unpaired) electrons. The van der Waals surface area contributed by atoms with Gasteiger partial charge < -0.3 is 19.3 Å². The van der Waals surface area contributed by atoms with E-state index in [9.17, 15) is 5.26 Å². The molecule has 5 heteroatoms. The molecule has 0 saturated heterocycles. The van der Waals surface area contributed by atoms with Gasteiger partial charge in [-0.25, -0.2) is 0 Å². The molecule has 0 unspecified atom stereocenters. The Hall–Kier alpha value is -2.03. The Kier molecular flexibility index (Phi) is 5.77. The van der Waals surface area contributed by atoms with Gasteiger partial charge in [0.25, 0.3) is 0 Å². The second kappa shape index (κ2) is 7.11. The monoisotopic (exact) mass is 289 g/mol. The SMILES string of the molecule is COC(OC)(C(C#N)=C(N(C)C)N(C)C)c1ccccc1. The van der Waals surface area contributed by atoms with Crippen molar-refractivity contribution in [2.24, 2.45) is 0 Å². The van der Waals surface area contributed by atoms with Crippen molar-refractivity contribution in [3.05, 3.63) is 47.3 Å². The maximum atomic E-state index is 9.73. The number of benzene rings is 1. The largest absolute Gasteiger partial charge is 0.363 e. The first-order valence-electron chi connectivity index (χ1n) is 6.60. The molecule has 0 amide bonds. The summed E-state index contributed by atoms with van der Waals surface area (Å²) in [6.45, 7) is 0. The molecule has 1 aromatic rings. The fourth-order valence-corrected chi connectivity index (χ4v) is 2.44. The Bertz CT molecular complexity index is 516. The summed E-state index contributed by atoms with van der Waals surface area (Å²) < 4.78 is 11.3. The highest BCUT2D eigenvalue weighted by atomic mass is 16.7. The van der Waals surface area contributed by atoms with Gasteiger partial charge in [0.15, 0.2) is 0 Å². The van der Waals surface area contributed by atoms with Gasteiger partial charge in [-0.1, -0.05) is 30.3 Å². The summed E-state index contributed by atoms with van der Waals surface area (Å²) in [6, 6.07) is 11.7. The van der Waals surface area contributed by atoms with Gasteiger partial charge in [0, 0.05) is 48.0 Å². The molecular weight excluding hydrogens is 266 g/mol. The number of nitriles is 1. The fraction of sp³-hybridized carbons (Fsp3) is 0.438. The zero-order valence-corrected chi connectivity index (χ0v) is 13.5. The molecule has 0 aliphatic heterocycles. The second-order valence-corrected chi connectivity index (χ2v) is 4.99. The average molecular weight is 289 g/mol. The predicted octanol–water partition coefficient (Wildman–Crippen LogP) is 1.99. The summed E-state index contributed by atoms with van der Waals surface area (Å²) in [4.78, 5) is 3.74. The van der Waals surface area contributed by atoms with Crippen LogP contribution >= 0.6 is 0 Å². The molecule has 0 heterocycles. The number of methoxy groups -OCH3 is 2. The van der Waals surface area contributed by atoms with Crippen molar-refractivity contribution < 1.29 is 9.47 Å². The summed E-state index contributed by atoms with van der Waals surface area (Å²) in [5.74, 6) is -0.509. The van der Waals surface area contributed by atoms with E-state index < -0.39 is 5.79 Å². The topological polar surface area (TPSA) is 48.7 Å². The van der Waals surface area contributed by atoms with E-state index in [1.54, 1.807) is 0 Å². The third-order valence-corrected chi connectivity index (χ3v) is 3.24. The summed E-state index contributed by atoms with van der Waals surface area (Å²) in [7, 11) is 10.6. The average Bonchev–Trinajstić information content (AvgIpc) is 2.48. The van der Waals surface area contributed by atoms with E-state index >= 15 is 0 Å². The number of hydrogen-bond acceptors (Lipinski definition) is 5. The van der Waals surface area contributed by atoms with Gasteiger partial charge in [-0.15, -0.1) is 0 Å². The molecule has 0 bridgehead atoms. The van der Waals surface area contributed by atoms with Crippen LogP contribution in [0.3, 0.4) is 0 Å². The first kappa shape index (κ1) is 17.0. The van der Waals surface area contributed by atoms with E-state index in [4.69, 9.17) is 9.47 Å². The van der Waals surface area contributed by atoms with Crippen molar-refractivity contribution in [2.45, 2.75) is 5.79 Å². The first-order valence-corrected chi connectivity index (χ1v) is 6.60. The smallest absolute Gasteiger partial charge is 0.235 e. The van der Waals surface area contributed by atoms with Crippen LogP contribution in [0.2, 0.25) is 0 Å². The Morgan fingerprint density at radius 2 is 1.48 bits per heavy atom. The van der Waals surface area contributed by atoms with Gasteiger partial charge >= 0.3 is 0 Å². The zero-order valence-electron chi connectivity index (χ0n) is 13.5. The van der Waals surface area contributed by atoms with Crippen molar-refractivity contribution in [1.82, 2.24) is 9.80 Å². The molecule has 5 nitrogen and oxygen atoms in total. The first-order chi connectivity index (χ1) is 9.94. The van der Waals surface area contributed by atoms with E-state index in [2.05, 4.69) is 6.07 Å². The van der Waals surface area contributed by atoms with Gasteiger partial charge in [-0.3, -0.25) is 0 Å². The van der Waals surface area contributed by atoms with Crippen LogP contribution in [0.1, 0.15) is 5.56 Å². The fourth-order valence-electron chi connectivity index (χ4n) is 2.44. The standard InChI is InChI=1S/C16H23N3O2/c1-18(2)15(19(3)4)14(12-17)16(20-5,21-6)13-10-8-7-9-11-13/h7-11H,1-6H3. The number of hydrogen-bond donors (Lipinski definition) is 0. The lowest BCUT2D eigenvalue weighted by atomic mass is 9.97. The molecule has 0 atom stereocenters. The van der Waals surface area contributed by atoms with Crippen LogP contribution in [0.5, 0.6) is 0 Å². The van der Waals surface area contributed by atoms with Crippen molar-refractivity contribution in [2.75, 3.05) is 42.4 Å². The van der Waals surface area contributed by atoms with Crippen LogP contribution in [0.25, 0.3) is 0 Å². The van der Waals surface area contributed by atoms with E-state index in [1.165, 1.54) is 14.2 Å². The Balaban J connectivity index is 3.66. The maximum Gasteiger partial charge on any atom is 0.235 e. The molecule has 0 N–H and O–H groups in total. The molecule has 1 rings (SSSR count). The Morgan fingerprint density at radius 3 is 1.81 bits per heavy atom. The third kappa shape index (κ3) is 3.18. The summed E-state index contributed by atoms with van der Waals surface area (Å²) in [5.41, 5.74) is 1.17. The highest BCUT2D eigenvalue weighted by molar-refractivity contribution is 5.40. The van der Waals surface area contributed by atoms with Gasteiger partial charge in [-0.2, -0.15) is 5.26 Å². The van der Waals surface area contributed by atoms with E-state index in [0.29, 0.717) is 5.57 Å². The van der Waals surface area contributed by atoms with Crippen LogP contribution in [0, 0.1) is 11.3 Å². The van der Waals surface area contributed by atoms with Crippen LogP contribution in [0.15, 0.2) is 41.7 Å². The van der Waals surface area contributed by atoms with Crippen LogP contribution < -0.4 is 0 Å². The molecule has 21 heavy (non-hydrogen) atoms. The number of ether oxygens (including phenoxy) is 2. The molecule has 0 aromatic heterocycles. The summed E-state index contributed by atoms with van der Waals surface area (Å²) in [5, 5.41) is 9.73. The minimum Gasteiger partial charge on any atom is -0.363 e. The third-order valence-electron chi connectivity index (χ3n) is 3.24. The van der Waals surface area contributed by atoms with Crippen LogP contribution in [0.4, 0.5) is 0 Å². The van der Waals surface area contributed by atoms with Gasteiger partial charge in [-0.05, 0) is 0 Å². The highest BCUT2D eigenvalue weighted by Crippen LogP contribution is 2.36. The van der Waals surface area contributed by atoms with Crippen LogP contribution in [-0.2, 0) is 15.3 Å². The van der Waals surface area contributed by atoms with Crippen LogP contribution in [-0.4, -0.2) is 52.2 Å². The minimum atomic E-state index is -1.24. The van der Waals surface area contributed by atoms with E-state index in [0.717, 1.165) is 11.4 Å². The molecule has 0 saturated carbocycles. The van der Waals surface area contributed by atoms with Gasteiger partial charge in [0.05, 0.1) is 0 Å². The molecule has 0 aliphatic rings. The normalized spacial score (nSPS) is 10.7. The maximum absolute atomic E-state index is 9.73. The van der Waals surface area contributed by atoms with Crippen molar-refractivity contribution in [3.63, 3.8) is 0 Å². The highest BCUT2D eigenvalue weighted by Gasteiger charge is 2.40. The molecule has 1 aromatic carbocycles. The number of nitrogens with zero attached hydrogens (tertiary/aromatic N) is 3. The molecule has 0 aliphatic carbocycles. The van der Waals surface area contributed by atoms with Crippen molar-refractivity contribution in [3.8, 4) is 6.07 Å². The number of rotatable bonds is 6. The quantitative estimate of drug-likeness (QED) is 0.592. The van der Waals surface area contributed by atoms with Gasteiger partial charge in [0.1, 0.15) is 17.5 Å². The molecule has 114 valence electrons. The van der Waals surface area contributed by atoms with E-state index in [-0.39, 0.29) is 0 Å². The zero-order chi connectivity index (χ0) is 16.0.